The third kappa shape index (κ3) is 6.35. The summed E-state index contributed by atoms with van der Waals surface area (Å²) in [6, 6.07) is 15.0. The van der Waals surface area contributed by atoms with E-state index in [0.717, 1.165) is 6.42 Å². The van der Waals surface area contributed by atoms with Crippen LogP contribution in [-0.2, 0) is 11.2 Å². The third-order valence-electron chi connectivity index (χ3n) is 3.51. The smallest absolute Gasteiger partial charge is 0.319 e. The fourth-order valence-corrected chi connectivity index (χ4v) is 2.24. The molecule has 25 heavy (non-hydrogen) atoms. The predicted octanol–water partition coefficient (Wildman–Crippen LogP) is 3.08. The number of rotatable bonds is 9. The first-order chi connectivity index (χ1) is 12.2. The van der Waals surface area contributed by atoms with E-state index in [1.165, 1.54) is 5.56 Å². The maximum absolute atomic E-state index is 12.0. The van der Waals surface area contributed by atoms with Crippen molar-refractivity contribution < 1.29 is 19.0 Å². The first-order valence-corrected chi connectivity index (χ1v) is 8.11. The number of ether oxygens (including phenoxy) is 3. The van der Waals surface area contributed by atoms with E-state index in [2.05, 4.69) is 10.6 Å². The highest BCUT2D eigenvalue weighted by Crippen LogP contribution is 2.30. The summed E-state index contributed by atoms with van der Waals surface area (Å²) in [6.07, 6.45) is 0.780. The van der Waals surface area contributed by atoms with Crippen LogP contribution >= 0.6 is 0 Å². The monoisotopic (exact) mass is 344 g/mol. The lowest BCUT2D eigenvalue weighted by molar-refractivity contribution is 0.144. The Balaban J connectivity index is 1.85. The van der Waals surface area contributed by atoms with Crippen LogP contribution in [0.4, 0.5) is 10.5 Å². The number of methoxy groups -OCH3 is 2. The van der Waals surface area contributed by atoms with E-state index >= 15 is 0 Å². The second-order valence-corrected chi connectivity index (χ2v) is 5.32. The van der Waals surface area contributed by atoms with Gasteiger partial charge in [0.05, 0.1) is 13.7 Å². The quantitative estimate of drug-likeness (QED) is 0.686. The molecule has 2 N–H and O–H groups in total. The molecule has 0 saturated carbocycles. The fraction of sp³-hybridized carbons (Fsp3) is 0.316. The van der Waals surface area contributed by atoms with E-state index in [1.807, 2.05) is 30.3 Å². The Morgan fingerprint density at radius 2 is 1.80 bits per heavy atom. The lowest BCUT2D eigenvalue weighted by Gasteiger charge is -2.13. The van der Waals surface area contributed by atoms with E-state index in [1.54, 1.807) is 32.4 Å². The minimum Gasteiger partial charge on any atom is -0.493 e. The summed E-state index contributed by atoms with van der Waals surface area (Å²) in [5.74, 6) is 1.16. The van der Waals surface area contributed by atoms with Gasteiger partial charge in [0.15, 0.2) is 11.5 Å². The van der Waals surface area contributed by atoms with Gasteiger partial charge in [-0.2, -0.15) is 0 Å². The maximum Gasteiger partial charge on any atom is 0.319 e. The van der Waals surface area contributed by atoms with Gasteiger partial charge in [-0.25, -0.2) is 4.79 Å². The van der Waals surface area contributed by atoms with Crippen molar-refractivity contribution in [3.05, 3.63) is 54.1 Å². The Bertz CT molecular complexity index is 662. The average molecular weight is 344 g/mol. The SMILES string of the molecule is COCCOc1cc(NC(=O)NCCc2ccccc2)ccc1OC. The van der Waals surface area contributed by atoms with E-state index in [-0.39, 0.29) is 6.03 Å². The molecule has 0 heterocycles. The molecule has 2 aromatic carbocycles. The molecule has 2 amide bonds. The molecule has 6 heteroatoms. The van der Waals surface area contributed by atoms with E-state index in [0.29, 0.717) is 36.9 Å². The van der Waals surface area contributed by atoms with Gasteiger partial charge in [-0.3, -0.25) is 0 Å². The van der Waals surface area contributed by atoms with Gasteiger partial charge in [-0.05, 0) is 24.1 Å². The number of hydrogen-bond acceptors (Lipinski definition) is 4. The van der Waals surface area contributed by atoms with Gasteiger partial charge in [0.1, 0.15) is 6.61 Å². The van der Waals surface area contributed by atoms with Crippen LogP contribution in [0.25, 0.3) is 0 Å². The Labute approximate surface area is 148 Å². The van der Waals surface area contributed by atoms with Crippen molar-refractivity contribution in [2.45, 2.75) is 6.42 Å². The van der Waals surface area contributed by atoms with Crippen molar-refractivity contribution in [1.29, 1.82) is 0 Å². The molecule has 0 saturated heterocycles. The summed E-state index contributed by atoms with van der Waals surface area (Å²) in [4.78, 5) is 12.0. The third-order valence-corrected chi connectivity index (χ3v) is 3.51. The summed E-state index contributed by atoms with van der Waals surface area (Å²) in [7, 11) is 3.18. The summed E-state index contributed by atoms with van der Waals surface area (Å²) in [5, 5.41) is 5.63. The Morgan fingerprint density at radius 1 is 1.00 bits per heavy atom. The lowest BCUT2D eigenvalue weighted by atomic mass is 10.1. The number of amides is 2. The number of carbonyl (C=O) groups excluding carboxylic acids is 1. The second-order valence-electron chi connectivity index (χ2n) is 5.32. The van der Waals surface area contributed by atoms with Crippen molar-refractivity contribution in [3.63, 3.8) is 0 Å². The van der Waals surface area contributed by atoms with Crippen LogP contribution in [0.2, 0.25) is 0 Å². The molecule has 2 rings (SSSR count). The maximum atomic E-state index is 12.0. The summed E-state index contributed by atoms with van der Waals surface area (Å²) < 4.78 is 15.8. The van der Waals surface area contributed by atoms with E-state index in [9.17, 15) is 4.79 Å². The summed E-state index contributed by atoms with van der Waals surface area (Å²) in [5.41, 5.74) is 1.81. The zero-order valence-electron chi connectivity index (χ0n) is 14.6. The van der Waals surface area contributed by atoms with Gasteiger partial charge >= 0.3 is 6.03 Å². The van der Waals surface area contributed by atoms with Gasteiger partial charge in [-0.1, -0.05) is 30.3 Å². The molecule has 0 aliphatic rings. The fourth-order valence-electron chi connectivity index (χ4n) is 2.24. The number of benzene rings is 2. The van der Waals surface area contributed by atoms with Crippen LogP contribution in [0.5, 0.6) is 11.5 Å². The molecule has 0 spiro atoms. The Kier molecular flexibility index (Phi) is 7.59. The number of nitrogens with one attached hydrogen (secondary N) is 2. The number of hydrogen-bond donors (Lipinski definition) is 2. The van der Waals surface area contributed by atoms with E-state index in [4.69, 9.17) is 14.2 Å². The molecule has 0 bridgehead atoms. The zero-order valence-corrected chi connectivity index (χ0v) is 14.6. The van der Waals surface area contributed by atoms with Crippen molar-refractivity contribution in [2.75, 3.05) is 39.3 Å². The highest BCUT2D eigenvalue weighted by molar-refractivity contribution is 5.89. The molecular weight excluding hydrogens is 320 g/mol. The van der Waals surface area contributed by atoms with E-state index < -0.39 is 0 Å². The molecule has 0 fully saturated rings. The highest BCUT2D eigenvalue weighted by Gasteiger charge is 2.08. The van der Waals surface area contributed by atoms with Gasteiger partial charge < -0.3 is 24.8 Å². The van der Waals surface area contributed by atoms with Crippen LogP contribution in [0.1, 0.15) is 5.56 Å². The predicted molar refractivity (Wildman–Crippen MR) is 97.5 cm³/mol. The number of urea groups is 1. The van der Waals surface area contributed by atoms with Gasteiger partial charge in [0.25, 0.3) is 0 Å². The largest absolute Gasteiger partial charge is 0.493 e. The first kappa shape index (κ1) is 18.6. The first-order valence-electron chi connectivity index (χ1n) is 8.11. The van der Waals surface area contributed by atoms with Crippen LogP contribution < -0.4 is 20.1 Å². The van der Waals surface area contributed by atoms with Gasteiger partial charge in [-0.15, -0.1) is 0 Å². The van der Waals surface area contributed by atoms with Crippen molar-refractivity contribution >= 4 is 11.7 Å². The number of carbonyl (C=O) groups is 1. The standard InChI is InChI=1S/C19H24N2O4/c1-23-12-13-25-18-14-16(8-9-17(18)24-2)21-19(22)20-11-10-15-6-4-3-5-7-15/h3-9,14H,10-13H2,1-2H3,(H2,20,21,22). The molecule has 0 radical (unpaired) electrons. The van der Waals surface area contributed by atoms with Gasteiger partial charge in [0, 0.05) is 25.4 Å². The van der Waals surface area contributed by atoms with Crippen LogP contribution in [0.3, 0.4) is 0 Å². The molecule has 0 aliphatic carbocycles. The van der Waals surface area contributed by atoms with Crippen LogP contribution in [0.15, 0.2) is 48.5 Å². The average Bonchev–Trinajstić information content (AvgIpc) is 2.63. The van der Waals surface area contributed by atoms with Gasteiger partial charge in [0.2, 0.25) is 0 Å². The highest BCUT2D eigenvalue weighted by atomic mass is 16.5. The molecular formula is C19H24N2O4. The Hall–Kier alpha value is -2.73. The minimum absolute atomic E-state index is 0.260. The topological polar surface area (TPSA) is 68.8 Å². The zero-order chi connectivity index (χ0) is 17.9. The molecule has 0 unspecified atom stereocenters. The van der Waals surface area contributed by atoms with Crippen molar-refractivity contribution in [1.82, 2.24) is 5.32 Å². The van der Waals surface area contributed by atoms with Crippen LogP contribution in [-0.4, -0.2) is 40.0 Å². The lowest BCUT2D eigenvalue weighted by Crippen LogP contribution is -2.30. The van der Waals surface area contributed by atoms with Crippen molar-refractivity contribution in [2.24, 2.45) is 0 Å². The normalized spacial score (nSPS) is 10.2. The molecule has 134 valence electrons. The molecule has 0 atom stereocenters. The Morgan fingerprint density at radius 3 is 2.52 bits per heavy atom. The van der Waals surface area contributed by atoms with Crippen molar-refractivity contribution in [3.8, 4) is 11.5 Å². The van der Waals surface area contributed by atoms with Crippen LogP contribution in [0, 0.1) is 0 Å². The molecule has 0 aromatic heterocycles. The summed E-state index contributed by atoms with van der Waals surface area (Å²) >= 11 is 0. The minimum atomic E-state index is -0.260. The number of anilines is 1. The summed E-state index contributed by atoms with van der Waals surface area (Å²) in [6.45, 7) is 1.43. The molecule has 6 nitrogen and oxygen atoms in total. The second kappa shape index (κ2) is 10.2. The molecule has 2 aromatic rings. The molecule has 0 aliphatic heterocycles.